The lowest BCUT2D eigenvalue weighted by molar-refractivity contribution is -0.190. The fraction of sp³-hybridized carbons (Fsp3) is 0.371. The van der Waals surface area contributed by atoms with Crippen LogP contribution in [0.1, 0.15) is 31.9 Å². The maximum Gasteiger partial charge on any atom is 0.466 e. The first-order valence-electron chi connectivity index (χ1n) is 17.2. The highest BCUT2D eigenvalue weighted by Crippen LogP contribution is 2.40. The molecule has 7 rings (SSSR count). The number of ether oxygens (including phenoxy) is 3. The van der Waals surface area contributed by atoms with E-state index in [1.54, 1.807) is 34.0 Å². The standard InChI is InChI=1S/C35H38Cl2N8O4.H3O4P/c1-3-25(2)45-34(46)44(24-40-45)29-7-5-27(6-8-29)41-14-16-42(17-15-41)28-9-11-30(12-10-28)47-19-31-20-48-35(49-31,21-43-23-38-22-39-43)32-13-4-26(36)18-33(32)37;1-5(2,3)4/h4-13,18,22-25,31H,3,14-17,19-21H2,1-2H3;(H3,1,2,3,4)/t25?,31-,35-;/m0./s1. The first-order chi connectivity index (χ1) is 25.8. The zero-order valence-corrected chi connectivity index (χ0v) is 32.0. The number of hydrogen-bond acceptors (Lipinski definition) is 10. The summed E-state index contributed by atoms with van der Waals surface area (Å²) in [6.45, 7) is 8.48. The van der Waals surface area contributed by atoms with Crippen LogP contribution in [0.15, 0.2) is 90.5 Å². The molecule has 4 heterocycles. The van der Waals surface area contributed by atoms with Gasteiger partial charge in [-0.15, -0.1) is 0 Å². The number of phosphoric acid groups is 1. The third kappa shape index (κ3) is 9.70. The minimum atomic E-state index is -4.64. The van der Waals surface area contributed by atoms with Gasteiger partial charge in [-0.25, -0.2) is 28.3 Å². The number of nitrogens with zero attached hydrogens (tertiary/aromatic N) is 8. The third-order valence-electron chi connectivity index (χ3n) is 9.15. The van der Waals surface area contributed by atoms with Crippen LogP contribution in [-0.2, 0) is 26.4 Å². The van der Waals surface area contributed by atoms with Crippen molar-refractivity contribution >= 4 is 42.4 Å². The van der Waals surface area contributed by atoms with Gasteiger partial charge in [0.15, 0.2) is 0 Å². The van der Waals surface area contributed by atoms with Gasteiger partial charge in [0.1, 0.15) is 44.0 Å². The lowest BCUT2D eigenvalue weighted by Gasteiger charge is -2.37. The molecule has 0 bridgehead atoms. The van der Waals surface area contributed by atoms with E-state index in [9.17, 15) is 4.79 Å². The van der Waals surface area contributed by atoms with Gasteiger partial charge in [-0.1, -0.05) is 36.2 Å². The zero-order valence-electron chi connectivity index (χ0n) is 29.6. The number of benzene rings is 3. The number of rotatable bonds is 11. The smallest absolute Gasteiger partial charge is 0.466 e. The summed E-state index contributed by atoms with van der Waals surface area (Å²) in [6.07, 6.45) is 5.19. The van der Waals surface area contributed by atoms with E-state index in [4.69, 9.17) is 56.7 Å². The Kier molecular flexibility index (Phi) is 12.5. The van der Waals surface area contributed by atoms with E-state index in [0.717, 1.165) is 55.4 Å². The number of piperazine rings is 1. The Hall–Kier alpha value is -4.25. The van der Waals surface area contributed by atoms with E-state index < -0.39 is 13.6 Å². The average Bonchev–Trinajstić information content (AvgIpc) is 3.91. The Morgan fingerprint density at radius 3 is 2.11 bits per heavy atom. The molecule has 2 fully saturated rings. The molecule has 16 nitrogen and oxygen atoms in total. The summed E-state index contributed by atoms with van der Waals surface area (Å²) in [7, 11) is -4.64. The Balaban J connectivity index is 0.000000934. The molecule has 2 aromatic heterocycles. The lowest BCUT2D eigenvalue weighted by Crippen LogP contribution is -2.46. The number of hydrogen-bond donors (Lipinski definition) is 3. The molecule has 2 aliphatic rings. The molecule has 54 heavy (non-hydrogen) atoms. The second-order valence-corrected chi connectivity index (χ2v) is 14.7. The summed E-state index contributed by atoms with van der Waals surface area (Å²) in [6, 6.07) is 21.6. The van der Waals surface area contributed by atoms with Crippen LogP contribution in [-0.4, -0.2) is 89.3 Å². The van der Waals surface area contributed by atoms with Gasteiger partial charge in [-0.2, -0.15) is 10.2 Å². The monoisotopic (exact) mass is 802 g/mol. The summed E-state index contributed by atoms with van der Waals surface area (Å²) in [5.74, 6) is -0.410. The van der Waals surface area contributed by atoms with Gasteiger partial charge in [-0.3, -0.25) is 0 Å². The van der Waals surface area contributed by atoms with Crippen molar-refractivity contribution in [3.05, 3.63) is 112 Å². The maximum absolute atomic E-state index is 12.8. The summed E-state index contributed by atoms with van der Waals surface area (Å²) in [4.78, 5) is 43.2. The van der Waals surface area contributed by atoms with Crippen LogP contribution in [0, 0.1) is 0 Å². The topological polar surface area (TPSA) is 182 Å². The second kappa shape index (κ2) is 17.0. The lowest BCUT2D eigenvalue weighted by atomic mass is 10.1. The van der Waals surface area contributed by atoms with Crippen LogP contribution in [0.2, 0.25) is 10.0 Å². The predicted molar refractivity (Wildman–Crippen MR) is 202 cm³/mol. The number of halogens is 2. The fourth-order valence-corrected chi connectivity index (χ4v) is 6.79. The Morgan fingerprint density at radius 1 is 0.926 bits per heavy atom. The molecule has 1 unspecified atom stereocenters. The Morgan fingerprint density at radius 2 is 1.54 bits per heavy atom. The van der Waals surface area contributed by atoms with Crippen molar-refractivity contribution in [2.75, 3.05) is 49.2 Å². The number of aromatic nitrogens is 6. The van der Waals surface area contributed by atoms with Crippen LogP contribution in [0.25, 0.3) is 5.69 Å². The molecule has 0 spiro atoms. The van der Waals surface area contributed by atoms with E-state index in [2.05, 4.69) is 49.2 Å². The minimum Gasteiger partial charge on any atom is -0.491 e. The predicted octanol–water partition coefficient (Wildman–Crippen LogP) is 4.65. The van der Waals surface area contributed by atoms with Gasteiger partial charge in [0.05, 0.1) is 23.4 Å². The molecule has 19 heteroatoms. The third-order valence-corrected chi connectivity index (χ3v) is 9.70. The molecule has 2 aliphatic heterocycles. The van der Waals surface area contributed by atoms with Crippen molar-refractivity contribution in [3.8, 4) is 11.4 Å². The molecule has 0 radical (unpaired) electrons. The van der Waals surface area contributed by atoms with E-state index in [0.29, 0.717) is 28.8 Å². The molecule has 2 saturated heterocycles. The van der Waals surface area contributed by atoms with Crippen molar-refractivity contribution < 1.29 is 33.5 Å². The summed E-state index contributed by atoms with van der Waals surface area (Å²) >= 11 is 12.7. The van der Waals surface area contributed by atoms with E-state index in [-0.39, 0.29) is 24.4 Å². The van der Waals surface area contributed by atoms with Crippen LogP contribution in [0.4, 0.5) is 11.4 Å². The fourth-order valence-electron chi connectivity index (χ4n) is 6.24. The van der Waals surface area contributed by atoms with E-state index >= 15 is 0 Å². The Labute approximate surface area is 321 Å². The van der Waals surface area contributed by atoms with Crippen molar-refractivity contribution in [2.24, 2.45) is 0 Å². The summed E-state index contributed by atoms with van der Waals surface area (Å²) in [5, 5.41) is 9.50. The Bertz CT molecular complexity index is 2080. The average molecular weight is 804 g/mol. The largest absolute Gasteiger partial charge is 0.491 e. The van der Waals surface area contributed by atoms with Gasteiger partial charge in [0.25, 0.3) is 0 Å². The molecule has 5 aromatic rings. The molecule has 288 valence electrons. The first kappa shape index (κ1) is 39.4. The second-order valence-electron chi connectivity index (χ2n) is 12.8. The van der Waals surface area contributed by atoms with Crippen molar-refractivity contribution in [3.63, 3.8) is 0 Å². The quantitative estimate of drug-likeness (QED) is 0.157. The van der Waals surface area contributed by atoms with Crippen molar-refractivity contribution in [2.45, 2.75) is 44.7 Å². The zero-order chi connectivity index (χ0) is 38.5. The first-order valence-corrected chi connectivity index (χ1v) is 19.5. The van der Waals surface area contributed by atoms with E-state index in [1.807, 2.05) is 44.2 Å². The van der Waals surface area contributed by atoms with Gasteiger partial charge in [0.2, 0.25) is 5.79 Å². The highest BCUT2D eigenvalue weighted by molar-refractivity contribution is 7.45. The van der Waals surface area contributed by atoms with Gasteiger partial charge in [0, 0.05) is 48.1 Å². The molecule has 0 aliphatic carbocycles. The minimum absolute atomic E-state index is 0.0645. The molecule has 3 aromatic carbocycles. The van der Waals surface area contributed by atoms with Crippen molar-refractivity contribution in [1.29, 1.82) is 0 Å². The molecular formula is C35H41Cl2N8O8P. The maximum atomic E-state index is 12.8. The molecular weight excluding hydrogens is 762 g/mol. The van der Waals surface area contributed by atoms with Crippen LogP contribution >= 0.6 is 31.0 Å². The van der Waals surface area contributed by atoms with Crippen molar-refractivity contribution in [1.82, 2.24) is 29.1 Å². The van der Waals surface area contributed by atoms with Gasteiger partial charge in [-0.05, 0) is 74.0 Å². The van der Waals surface area contributed by atoms with Crippen LogP contribution in [0.5, 0.6) is 5.75 Å². The SMILES string of the molecule is CCC(C)n1ncn(-c2ccc(N3CCN(c4ccc(OC[C@H]5CO[C@](Cn6cncn6)(c6ccc(Cl)cc6Cl)O5)cc4)CC3)cc2)c1=O.O=P(O)(O)O. The molecule has 3 N–H and O–H groups in total. The highest BCUT2D eigenvalue weighted by Gasteiger charge is 2.45. The van der Waals surface area contributed by atoms with Crippen LogP contribution in [0.3, 0.4) is 0 Å². The van der Waals surface area contributed by atoms with Crippen LogP contribution < -0.4 is 20.2 Å². The highest BCUT2D eigenvalue weighted by atomic mass is 35.5. The summed E-state index contributed by atoms with van der Waals surface area (Å²) < 4.78 is 32.5. The summed E-state index contributed by atoms with van der Waals surface area (Å²) in [5.41, 5.74) is 3.64. The van der Waals surface area contributed by atoms with Gasteiger partial charge >= 0.3 is 13.5 Å². The number of anilines is 2. The molecule has 0 amide bonds. The van der Waals surface area contributed by atoms with E-state index in [1.165, 1.54) is 11.0 Å². The molecule has 3 atom stereocenters. The molecule has 0 saturated carbocycles. The van der Waals surface area contributed by atoms with Gasteiger partial charge < -0.3 is 38.7 Å². The normalized spacial score (nSPS) is 19.4.